The largest absolute Gasteiger partial charge is 0.466 e. The zero-order valence-corrected chi connectivity index (χ0v) is 19.7. The number of β-amino-alcohol motifs (C(OH)–C–C–N with tert-alkyl or cyclic N) is 1. The van der Waals surface area contributed by atoms with Gasteiger partial charge in [0.15, 0.2) is 5.57 Å². The Hall–Kier alpha value is -3.57. The minimum Gasteiger partial charge on any atom is -0.466 e. The van der Waals surface area contributed by atoms with Crippen molar-refractivity contribution in [2.75, 3.05) is 50.7 Å². The summed E-state index contributed by atoms with van der Waals surface area (Å²) in [5, 5.41) is 15.2. The van der Waals surface area contributed by atoms with E-state index in [1.54, 1.807) is 26.0 Å². The average Bonchev–Trinajstić information content (AvgIpc) is 3.10. The number of nitrogens with zero attached hydrogens (tertiary/aromatic N) is 1. The van der Waals surface area contributed by atoms with Gasteiger partial charge in [0.05, 0.1) is 50.4 Å². The summed E-state index contributed by atoms with van der Waals surface area (Å²) in [6.45, 7) is 3.00. The van der Waals surface area contributed by atoms with E-state index >= 15 is 0 Å². The van der Waals surface area contributed by atoms with E-state index in [1.807, 2.05) is 0 Å². The van der Waals surface area contributed by atoms with Gasteiger partial charge in [-0.25, -0.2) is 14.4 Å². The molecule has 0 fully saturated rings. The highest BCUT2D eigenvalue weighted by atomic mass is 35.5. The van der Waals surface area contributed by atoms with Crippen LogP contribution in [-0.2, 0) is 33.4 Å². The Morgan fingerprint density at radius 2 is 1.79 bits per heavy atom. The molecule has 0 aliphatic carbocycles. The normalized spacial score (nSPS) is 12.9. The number of amides is 1. The topological polar surface area (TPSA) is 144 Å². The molecule has 12 heteroatoms. The van der Waals surface area contributed by atoms with Crippen LogP contribution < -0.4 is 10.6 Å². The van der Waals surface area contributed by atoms with Gasteiger partial charge >= 0.3 is 17.9 Å². The number of carbonyl (C=O) groups excluding carboxylic acids is 4. The first-order chi connectivity index (χ1) is 16.3. The molecule has 0 radical (unpaired) electrons. The number of halogens is 1. The molecular weight excluding hydrogens is 470 g/mol. The fourth-order valence-corrected chi connectivity index (χ4v) is 3.17. The molecule has 2 rings (SSSR count). The molecule has 0 unspecified atom stereocenters. The van der Waals surface area contributed by atoms with E-state index in [0.717, 1.165) is 6.20 Å². The number of methoxy groups -OCH3 is 1. The first-order valence-corrected chi connectivity index (χ1v) is 10.7. The monoisotopic (exact) mass is 495 g/mol. The van der Waals surface area contributed by atoms with Crippen molar-refractivity contribution in [1.29, 1.82) is 0 Å². The second kappa shape index (κ2) is 12.6. The third kappa shape index (κ3) is 6.49. The Labute approximate surface area is 201 Å². The number of aliphatic hydroxyl groups excluding tert-OH is 1. The summed E-state index contributed by atoms with van der Waals surface area (Å²) < 4.78 is 14.6. The standard InChI is InChI=1S/C22H26ClN3O8/c1-4-33-21(30)14(22(31)34-5-2)11-24-16-7-6-13(23)10-17(16)25-18-15(20(29)32-3)12-26(8-9-27)19(18)28/h6-7,10-11,24-25,27H,4-5,8-9,12H2,1-3H3. The molecule has 11 nitrogen and oxygen atoms in total. The third-order valence-electron chi connectivity index (χ3n) is 4.56. The zero-order chi connectivity index (χ0) is 25.3. The fraction of sp³-hybridized carbons (Fsp3) is 0.364. The van der Waals surface area contributed by atoms with Crippen molar-refractivity contribution in [3.8, 4) is 0 Å². The van der Waals surface area contributed by atoms with Crippen LogP contribution in [0, 0.1) is 0 Å². The van der Waals surface area contributed by atoms with Crippen LogP contribution in [0.5, 0.6) is 0 Å². The Bertz CT molecular complexity index is 1000. The summed E-state index contributed by atoms with van der Waals surface area (Å²) in [7, 11) is 1.19. The Morgan fingerprint density at radius 1 is 1.15 bits per heavy atom. The molecule has 1 aromatic carbocycles. The van der Waals surface area contributed by atoms with Gasteiger partial charge in [0, 0.05) is 17.8 Å². The highest BCUT2D eigenvalue weighted by Gasteiger charge is 2.34. The molecule has 0 aromatic heterocycles. The highest BCUT2D eigenvalue weighted by molar-refractivity contribution is 6.31. The first-order valence-electron chi connectivity index (χ1n) is 10.4. The summed E-state index contributed by atoms with van der Waals surface area (Å²) in [5.41, 5.74) is 0.240. The van der Waals surface area contributed by atoms with Crippen molar-refractivity contribution >= 4 is 46.8 Å². The molecular formula is C22H26ClN3O8. The van der Waals surface area contributed by atoms with Gasteiger partial charge in [-0.3, -0.25) is 4.79 Å². The van der Waals surface area contributed by atoms with Crippen molar-refractivity contribution in [3.05, 3.63) is 46.3 Å². The lowest BCUT2D eigenvalue weighted by molar-refractivity contribution is -0.146. The van der Waals surface area contributed by atoms with Crippen LogP contribution in [0.15, 0.2) is 41.2 Å². The lowest BCUT2D eigenvalue weighted by Gasteiger charge is -2.16. The molecule has 1 heterocycles. The third-order valence-corrected chi connectivity index (χ3v) is 4.79. The summed E-state index contributed by atoms with van der Waals surface area (Å²) >= 11 is 6.12. The van der Waals surface area contributed by atoms with Crippen LogP contribution in [0.4, 0.5) is 11.4 Å². The number of carbonyl (C=O) groups is 4. The summed E-state index contributed by atoms with van der Waals surface area (Å²) in [6, 6.07) is 4.57. The van der Waals surface area contributed by atoms with Gasteiger partial charge in [0.2, 0.25) is 0 Å². The molecule has 1 aliphatic heterocycles. The lowest BCUT2D eigenvalue weighted by atomic mass is 10.2. The predicted molar refractivity (Wildman–Crippen MR) is 123 cm³/mol. The maximum absolute atomic E-state index is 12.8. The first kappa shape index (κ1) is 26.7. The van der Waals surface area contributed by atoms with E-state index in [4.69, 9.17) is 25.8 Å². The number of benzene rings is 1. The summed E-state index contributed by atoms with van der Waals surface area (Å²) in [4.78, 5) is 50.7. The number of rotatable bonds is 11. The molecule has 0 bridgehead atoms. The lowest BCUT2D eigenvalue weighted by Crippen LogP contribution is -2.31. The van der Waals surface area contributed by atoms with Gasteiger partial charge in [-0.15, -0.1) is 0 Å². The smallest absolute Gasteiger partial charge is 0.347 e. The maximum Gasteiger partial charge on any atom is 0.347 e. The number of ether oxygens (including phenoxy) is 3. The van der Waals surface area contributed by atoms with Crippen molar-refractivity contribution in [1.82, 2.24) is 4.90 Å². The number of aliphatic hydroxyl groups is 1. The van der Waals surface area contributed by atoms with Gasteiger partial charge in [-0.2, -0.15) is 0 Å². The Morgan fingerprint density at radius 3 is 2.35 bits per heavy atom. The predicted octanol–water partition coefficient (Wildman–Crippen LogP) is 1.44. The molecule has 0 saturated heterocycles. The minimum atomic E-state index is -0.877. The molecule has 0 spiro atoms. The quantitative estimate of drug-likeness (QED) is 0.135. The number of anilines is 2. The Kier molecular flexibility index (Phi) is 9.90. The SMILES string of the molecule is CCOC(=O)C(=CNc1ccc(Cl)cc1NC1=C(C(=O)OC)CN(CCO)C1=O)C(=O)OCC. The average molecular weight is 496 g/mol. The molecule has 1 aromatic rings. The van der Waals surface area contributed by atoms with Crippen LogP contribution in [0.1, 0.15) is 13.8 Å². The molecule has 0 atom stereocenters. The Balaban J connectivity index is 2.43. The highest BCUT2D eigenvalue weighted by Crippen LogP contribution is 2.30. The van der Waals surface area contributed by atoms with Gasteiger partial charge < -0.3 is 34.9 Å². The van der Waals surface area contributed by atoms with E-state index in [2.05, 4.69) is 10.6 Å². The zero-order valence-electron chi connectivity index (χ0n) is 19.0. The molecule has 34 heavy (non-hydrogen) atoms. The van der Waals surface area contributed by atoms with Crippen molar-refractivity contribution < 1.29 is 38.5 Å². The van der Waals surface area contributed by atoms with Crippen molar-refractivity contribution in [3.63, 3.8) is 0 Å². The second-order valence-corrected chi connectivity index (χ2v) is 7.19. The van der Waals surface area contributed by atoms with Crippen molar-refractivity contribution in [2.24, 2.45) is 0 Å². The molecule has 1 aliphatic rings. The van der Waals surface area contributed by atoms with Gasteiger partial charge in [-0.05, 0) is 32.0 Å². The van der Waals surface area contributed by atoms with Crippen LogP contribution in [-0.4, -0.2) is 73.8 Å². The number of nitrogens with one attached hydrogen (secondary N) is 2. The van der Waals surface area contributed by atoms with E-state index in [9.17, 15) is 24.3 Å². The van der Waals surface area contributed by atoms with E-state index in [0.29, 0.717) is 10.7 Å². The van der Waals surface area contributed by atoms with Crippen LogP contribution >= 0.6 is 11.6 Å². The fourth-order valence-electron chi connectivity index (χ4n) is 3.00. The van der Waals surface area contributed by atoms with Crippen LogP contribution in [0.2, 0.25) is 5.02 Å². The van der Waals surface area contributed by atoms with Gasteiger partial charge in [0.25, 0.3) is 5.91 Å². The van der Waals surface area contributed by atoms with Crippen molar-refractivity contribution in [2.45, 2.75) is 13.8 Å². The molecule has 0 saturated carbocycles. The minimum absolute atomic E-state index is 0.0241. The number of hydrogen-bond donors (Lipinski definition) is 3. The van der Waals surface area contributed by atoms with Crippen LogP contribution in [0.25, 0.3) is 0 Å². The number of esters is 3. The van der Waals surface area contributed by atoms with Gasteiger partial charge in [-0.1, -0.05) is 11.6 Å². The van der Waals surface area contributed by atoms with E-state index in [-0.39, 0.29) is 55.4 Å². The molecule has 184 valence electrons. The maximum atomic E-state index is 12.8. The second-order valence-electron chi connectivity index (χ2n) is 6.75. The molecule has 1 amide bonds. The number of hydrogen-bond acceptors (Lipinski definition) is 10. The molecule has 3 N–H and O–H groups in total. The van der Waals surface area contributed by atoms with Crippen LogP contribution in [0.3, 0.4) is 0 Å². The summed E-state index contributed by atoms with van der Waals surface area (Å²) in [6.07, 6.45) is 1.12. The summed E-state index contributed by atoms with van der Waals surface area (Å²) in [5.74, 6) is -2.98. The van der Waals surface area contributed by atoms with E-state index in [1.165, 1.54) is 18.1 Å². The van der Waals surface area contributed by atoms with E-state index < -0.39 is 23.8 Å². The van der Waals surface area contributed by atoms with Gasteiger partial charge in [0.1, 0.15) is 5.70 Å².